The highest BCUT2D eigenvalue weighted by molar-refractivity contribution is 6.33. The van der Waals surface area contributed by atoms with Gasteiger partial charge < -0.3 is 26.3 Å². The highest BCUT2D eigenvalue weighted by Crippen LogP contribution is 2.40. The molecule has 0 aromatic heterocycles. The number of halogens is 2. The molecule has 4 rings (SSSR count). The number of aryl methyl sites for hydroxylation is 1. The zero-order valence-electron chi connectivity index (χ0n) is 22.5. The molecule has 208 valence electrons. The third-order valence-electron chi connectivity index (χ3n) is 7.50. The maximum atomic E-state index is 15.9. The Kier molecular flexibility index (Phi) is 9.97. The summed E-state index contributed by atoms with van der Waals surface area (Å²) >= 11 is 6.72. The second-order valence-electron chi connectivity index (χ2n) is 10.2. The molecule has 3 aromatic rings. The largest absolute Gasteiger partial charge is 0.488 e. The summed E-state index contributed by atoms with van der Waals surface area (Å²) in [5, 5.41) is 4.08. The van der Waals surface area contributed by atoms with Gasteiger partial charge in [-0.25, -0.2) is 4.39 Å². The summed E-state index contributed by atoms with van der Waals surface area (Å²) in [6, 6.07) is 17.5. The number of nitrogens with one attached hydrogen (secondary N) is 1. The Morgan fingerprint density at radius 3 is 2.49 bits per heavy atom. The van der Waals surface area contributed by atoms with E-state index >= 15 is 4.39 Å². The molecule has 0 saturated heterocycles. The lowest BCUT2D eigenvalue weighted by atomic mass is 9.84. The fourth-order valence-corrected chi connectivity index (χ4v) is 5.64. The van der Waals surface area contributed by atoms with Crippen molar-refractivity contribution in [3.8, 4) is 16.9 Å². The van der Waals surface area contributed by atoms with Crippen LogP contribution < -0.4 is 21.5 Å². The van der Waals surface area contributed by atoms with Gasteiger partial charge in [-0.05, 0) is 73.6 Å². The van der Waals surface area contributed by atoms with E-state index < -0.39 is 11.7 Å². The van der Waals surface area contributed by atoms with Crippen molar-refractivity contribution in [3.05, 3.63) is 87.7 Å². The van der Waals surface area contributed by atoms with Crippen molar-refractivity contribution in [2.75, 3.05) is 26.9 Å². The summed E-state index contributed by atoms with van der Waals surface area (Å²) in [6.45, 7) is 3.14. The van der Waals surface area contributed by atoms with E-state index in [1.807, 2.05) is 37.3 Å². The predicted molar refractivity (Wildman–Crippen MR) is 154 cm³/mol. The number of hydrogen-bond acceptors (Lipinski definition) is 5. The molecule has 0 aliphatic heterocycles. The van der Waals surface area contributed by atoms with E-state index in [2.05, 4.69) is 17.4 Å². The van der Waals surface area contributed by atoms with Gasteiger partial charge in [0, 0.05) is 47.8 Å². The van der Waals surface area contributed by atoms with Crippen molar-refractivity contribution >= 4 is 17.5 Å². The Hall–Kier alpha value is -2.97. The Bertz CT molecular complexity index is 1280. The number of methoxy groups -OCH3 is 1. The molecular weight excluding hydrogens is 517 g/mol. The number of hydrogen-bond donors (Lipinski definition) is 3. The summed E-state index contributed by atoms with van der Waals surface area (Å²) in [5.74, 6) is -1.46. The molecular formula is C31H37ClFN3O3. The number of nitrogens with two attached hydrogens (primary N) is 2. The fourth-order valence-electron chi connectivity index (χ4n) is 5.33. The number of carbonyl (C=O) groups excluding carboxylic acids is 1. The third kappa shape index (κ3) is 6.97. The van der Waals surface area contributed by atoms with Gasteiger partial charge in [-0.2, -0.15) is 0 Å². The highest BCUT2D eigenvalue weighted by Gasteiger charge is 2.26. The minimum atomic E-state index is -0.748. The van der Waals surface area contributed by atoms with Crippen molar-refractivity contribution in [1.82, 2.24) is 5.32 Å². The van der Waals surface area contributed by atoms with E-state index in [4.69, 9.17) is 32.5 Å². The molecule has 0 radical (unpaired) electrons. The van der Waals surface area contributed by atoms with Crippen LogP contribution in [0.5, 0.6) is 5.75 Å². The van der Waals surface area contributed by atoms with Crippen molar-refractivity contribution < 1.29 is 18.7 Å². The standard InChI is InChI=1S/C31H37ClFN3O3/c1-19-16-27(32)25(29-23(31(35)37)12-13-28(30(29)33)39-15-14-38-2)17-24(19)26(20-6-4-3-5-7-20)18-36-22-10-8-21(34)9-11-22/h3-7,12-13,16-17,21-22,26,36H,8-11,14-15,18,34H2,1-2H3,(H2,35,37). The number of primary amides is 1. The summed E-state index contributed by atoms with van der Waals surface area (Å²) in [4.78, 5) is 12.4. The lowest BCUT2D eigenvalue weighted by Gasteiger charge is -2.30. The first-order valence-electron chi connectivity index (χ1n) is 13.4. The van der Waals surface area contributed by atoms with Crippen LogP contribution in [-0.4, -0.2) is 44.9 Å². The second kappa shape index (κ2) is 13.4. The monoisotopic (exact) mass is 553 g/mol. The molecule has 0 bridgehead atoms. The maximum Gasteiger partial charge on any atom is 0.249 e. The quantitative estimate of drug-likeness (QED) is 0.270. The molecule has 1 aliphatic carbocycles. The van der Waals surface area contributed by atoms with Gasteiger partial charge in [-0.3, -0.25) is 4.79 Å². The number of rotatable bonds is 11. The van der Waals surface area contributed by atoms with Crippen LogP contribution in [0.3, 0.4) is 0 Å². The molecule has 3 aromatic carbocycles. The molecule has 0 spiro atoms. The summed E-state index contributed by atoms with van der Waals surface area (Å²) < 4.78 is 26.5. The van der Waals surface area contributed by atoms with Gasteiger partial charge in [0.1, 0.15) is 6.61 Å². The van der Waals surface area contributed by atoms with Crippen LogP contribution in [0.4, 0.5) is 4.39 Å². The van der Waals surface area contributed by atoms with Crippen molar-refractivity contribution in [2.24, 2.45) is 11.5 Å². The van der Waals surface area contributed by atoms with Crippen LogP contribution in [0, 0.1) is 12.7 Å². The van der Waals surface area contributed by atoms with Crippen LogP contribution in [0.15, 0.2) is 54.6 Å². The van der Waals surface area contributed by atoms with E-state index in [0.717, 1.165) is 42.4 Å². The van der Waals surface area contributed by atoms with E-state index in [1.165, 1.54) is 19.2 Å². The summed E-state index contributed by atoms with van der Waals surface area (Å²) in [6.07, 6.45) is 4.10. The normalized spacial score (nSPS) is 18.1. The van der Waals surface area contributed by atoms with Gasteiger partial charge in [-0.1, -0.05) is 41.9 Å². The Balaban J connectivity index is 1.77. The third-order valence-corrected chi connectivity index (χ3v) is 7.81. The minimum absolute atomic E-state index is 0.00187. The van der Waals surface area contributed by atoms with Crippen LogP contribution in [-0.2, 0) is 4.74 Å². The van der Waals surface area contributed by atoms with Gasteiger partial charge in [0.25, 0.3) is 0 Å². The fraction of sp³-hybridized carbons (Fsp3) is 0.387. The van der Waals surface area contributed by atoms with E-state index in [0.29, 0.717) is 29.8 Å². The smallest absolute Gasteiger partial charge is 0.249 e. The van der Waals surface area contributed by atoms with Gasteiger partial charge >= 0.3 is 0 Å². The van der Waals surface area contributed by atoms with E-state index in [1.54, 1.807) is 0 Å². The average Bonchev–Trinajstić information content (AvgIpc) is 2.92. The lowest BCUT2D eigenvalue weighted by molar-refractivity contribution is 0.1000. The van der Waals surface area contributed by atoms with Crippen molar-refractivity contribution in [3.63, 3.8) is 0 Å². The Morgan fingerprint density at radius 1 is 1.10 bits per heavy atom. The first-order valence-corrected chi connectivity index (χ1v) is 13.8. The highest BCUT2D eigenvalue weighted by atomic mass is 35.5. The molecule has 1 fully saturated rings. The first-order chi connectivity index (χ1) is 18.8. The zero-order valence-corrected chi connectivity index (χ0v) is 23.3. The SMILES string of the molecule is COCCOc1ccc(C(N)=O)c(-c2cc(C(CNC3CCC(N)CC3)c3ccccc3)c(C)cc2Cl)c1F. The van der Waals surface area contributed by atoms with Gasteiger partial charge in [0.05, 0.1) is 12.2 Å². The van der Waals surface area contributed by atoms with E-state index in [-0.39, 0.29) is 35.4 Å². The zero-order chi connectivity index (χ0) is 27.9. The molecule has 5 N–H and O–H groups in total. The first kappa shape index (κ1) is 29.0. The minimum Gasteiger partial charge on any atom is -0.488 e. The Morgan fingerprint density at radius 2 is 1.82 bits per heavy atom. The number of carbonyl (C=O) groups is 1. The van der Waals surface area contributed by atoms with Crippen molar-refractivity contribution in [2.45, 2.75) is 50.6 Å². The molecule has 1 aliphatic rings. The topological polar surface area (TPSA) is 99.6 Å². The molecule has 1 unspecified atom stereocenters. The van der Waals surface area contributed by atoms with Crippen molar-refractivity contribution in [1.29, 1.82) is 0 Å². The lowest BCUT2D eigenvalue weighted by Crippen LogP contribution is -2.39. The van der Waals surface area contributed by atoms with Gasteiger partial charge in [-0.15, -0.1) is 0 Å². The molecule has 0 heterocycles. The van der Waals surface area contributed by atoms with Gasteiger partial charge in [0.2, 0.25) is 5.91 Å². The molecule has 8 heteroatoms. The average molecular weight is 554 g/mol. The van der Waals surface area contributed by atoms with E-state index in [9.17, 15) is 4.79 Å². The van der Waals surface area contributed by atoms with Crippen LogP contribution >= 0.6 is 11.6 Å². The molecule has 1 atom stereocenters. The van der Waals surface area contributed by atoms with Crippen LogP contribution in [0.25, 0.3) is 11.1 Å². The molecule has 6 nitrogen and oxygen atoms in total. The molecule has 1 saturated carbocycles. The molecule has 1 amide bonds. The summed E-state index contributed by atoms with van der Waals surface area (Å²) in [7, 11) is 1.54. The summed E-state index contributed by atoms with van der Waals surface area (Å²) in [5.41, 5.74) is 15.3. The number of amides is 1. The Labute approximate surface area is 234 Å². The second-order valence-corrected chi connectivity index (χ2v) is 10.6. The number of benzene rings is 3. The number of ether oxygens (including phenoxy) is 2. The van der Waals surface area contributed by atoms with Crippen LogP contribution in [0.2, 0.25) is 5.02 Å². The maximum absolute atomic E-state index is 15.9. The molecule has 39 heavy (non-hydrogen) atoms. The van der Waals surface area contributed by atoms with Gasteiger partial charge in [0.15, 0.2) is 11.6 Å². The van der Waals surface area contributed by atoms with Crippen LogP contribution in [0.1, 0.15) is 58.6 Å². The predicted octanol–water partition coefficient (Wildman–Crippen LogP) is 5.57.